The maximum atomic E-state index is 11.7. The van der Waals surface area contributed by atoms with Crippen molar-refractivity contribution in [3.8, 4) is 0 Å². The second-order valence-electron chi connectivity index (χ2n) is 5.17. The smallest absolute Gasteiger partial charge is 0.303 e. The van der Waals surface area contributed by atoms with Crippen molar-refractivity contribution in [2.45, 2.75) is 40.0 Å². The molecule has 1 amide bonds. The lowest BCUT2D eigenvalue weighted by Gasteiger charge is -2.21. The molecule has 100 valence electrons. The first-order valence-corrected chi connectivity index (χ1v) is 5.99. The van der Waals surface area contributed by atoms with E-state index in [4.69, 9.17) is 10.8 Å². The van der Waals surface area contributed by atoms with E-state index in [1.807, 2.05) is 6.92 Å². The van der Waals surface area contributed by atoms with Crippen LogP contribution in [0.25, 0.3) is 0 Å². The summed E-state index contributed by atoms with van der Waals surface area (Å²) in [4.78, 5) is 22.0. The molecule has 0 aromatic heterocycles. The van der Waals surface area contributed by atoms with Gasteiger partial charge in [0.15, 0.2) is 0 Å². The Morgan fingerprint density at radius 2 is 1.94 bits per heavy atom. The number of aliphatic carboxylic acids is 1. The molecule has 0 radical (unpaired) electrons. The quantitative estimate of drug-likeness (QED) is 0.593. The molecule has 0 saturated heterocycles. The highest BCUT2D eigenvalue weighted by Gasteiger charge is 2.25. The zero-order valence-electron chi connectivity index (χ0n) is 11.0. The molecule has 0 aliphatic rings. The molecule has 0 heterocycles. The van der Waals surface area contributed by atoms with Gasteiger partial charge in [0.2, 0.25) is 5.91 Å². The van der Waals surface area contributed by atoms with Crippen molar-refractivity contribution in [2.75, 3.05) is 13.1 Å². The summed E-state index contributed by atoms with van der Waals surface area (Å²) in [7, 11) is 0. The Balaban J connectivity index is 3.77. The maximum absolute atomic E-state index is 11.7. The van der Waals surface area contributed by atoms with E-state index >= 15 is 0 Å². The number of hydrogen-bond acceptors (Lipinski definition) is 3. The molecule has 0 fully saturated rings. The predicted molar refractivity (Wildman–Crippen MR) is 66.5 cm³/mol. The molecule has 1 atom stereocenters. The lowest BCUT2D eigenvalue weighted by atomic mass is 9.92. The van der Waals surface area contributed by atoms with Crippen LogP contribution >= 0.6 is 0 Å². The molecule has 0 aliphatic heterocycles. The first kappa shape index (κ1) is 15.9. The number of nitrogens with two attached hydrogens (primary N) is 1. The van der Waals surface area contributed by atoms with E-state index in [1.165, 1.54) is 0 Å². The number of carbonyl (C=O) groups excluding carboxylic acids is 1. The summed E-state index contributed by atoms with van der Waals surface area (Å²) in [6.07, 6.45) is 1.62. The van der Waals surface area contributed by atoms with Crippen molar-refractivity contribution < 1.29 is 14.7 Å². The lowest BCUT2D eigenvalue weighted by Crippen LogP contribution is -2.42. The molecular weight excluding hydrogens is 220 g/mol. The molecule has 5 nitrogen and oxygen atoms in total. The van der Waals surface area contributed by atoms with Crippen LogP contribution in [0.2, 0.25) is 0 Å². The second kappa shape index (κ2) is 7.27. The Hall–Kier alpha value is -1.10. The minimum Gasteiger partial charge on any atom is -0.481 e. The third-order valence-corrected chi connectivity index (χ3v) is 2.90. The Kier molecular flexibility index (Phi) is 6.80. The Labute approximate surface area is 103 Å². The second-order valence-corrected chi connectivity index (χ2v) is 5.17. The van der Waals surface area contributed by atoms with E-state index in [-0.39, 0.29) is 12.3 Å². The van der Waals surface area contributed by atoms with Gasteiger partial charge in [-0.25, -0.2) is 0 Å². The van der Waals surface area contributed by atoms with Crippen LogP contribution in [-0.4, -0.2) is 30.1 Å². The molecule has 1 unspecified atom stereocenters. The van der Waals surface area contributed by atoms with Crippen LogP contribution in [0.3, 0.4) is 0 Å². The van der Waals surface area contributed by atoms with E-state index in [2.05, 4.69) is 5.32 Å². The molecule has 0 spiro atoms. The fraction of sp³-hybridized carbons (Fsp3) is 0.833. The highest BCUT2D eigenvalue weighted by Crippen LogP contribution is 2.13. The number of carbonyl (C=O) groups is 2. The summed E-state index contributed by atoms with van der Waals surface area (Å²) in [5, 5.41) is 11.4. The Morgan fingerprint density at radius 3 is 2.41 bits per heavy atom. The highest BCUT2D eigenvalue weighted by molar-refractivity contribution is 5.81. The largest absolute Gasteiger partial charge is 0.481 e. The van der Waals surface area contributed by atoms with Crippen LogP contribution in [0.15, 0.2) is 0 Å². The van der Waals surface area contributed by atoms with Crippen molar-refractivity contribution in [3.05, 3.63) is 0 Å². The summed E-state index contributed by atoms with van der Waals surface area (Å²) < 4.78 is 0. The molecule has 4 N–H and O–H groups in total. The van der Waals surface area contributed by atoms with Gasteiger partial charge in [-0.3, -0.25) is 9.59 Å². The van der Waals surface area contributed by atoms with E-state index in [0.29, 0.717) is 25.4 Å². The van der Waals surface area contributed by atoms with Crippen LogP contribution in [-0.2, 0) is 9.59 Å². The van der Waals surface area contributed by atoms with Crippen LogP contribution in [0, 0.1) is 11.3 Å². The fourth-order valence-electron chi connectivity index (χ4n) is 1.28. The van der Waals surface area contributed by atoms with Crippen molar-refractivity contribution in [2.24, 2.45) is 17.1 Å². The molecule has 0 aromatic carbocycles. The fourth-order valence-corrected chi connectivity index (χ4v) is 1.28. The van der Waals surface area contributed by atoms with Crippen molar-refractivity contribution >= 4 is 11.9 Å². The third-order valence-electron chi connectivity index (χ3n) is 2.90. The van der Waals surface area contributed by atoms with Gasteiger partial charge in [-0.2, -0.15) is 0 Å². The summed E-state index contributed by atoms with van der Waals surface area (Å²) in [5.74, 6) is -0.525. The minimum atomic E-state index is -0.773. The van der Waals surface area contributed by atoms with E-state index in [9.17, 15) is 9.59 Å². The topological polar surface area (TPSA) is 92.4 Å². The Bertz CT molecular complexity index is 264. The van der Waals surface area contributed by atoms with Crippen molar-refractivity contribution in [3.63, 3.8) is 0 Å². The van der Waals surface area contributed by atoms with Gasteiger partial charge in [0, 0.05) is 19.5 Å². The average molecular weight is 244 g/mol. The summed E-state index contributed by atoms with van der Waals surface area (Å²) >= 11 is 0. The summed E-state index contributed by atoms with van der Waals surface area (Å²) in [6, 6.07) is 0. The van der Waals surface area contributed by atoms with Crippen LogP contribution in [0.4, 0.5) is 0 Å². The van der Waals surface area contributed by atoms with E-state index < -0.39 is 11.4 Å². The zero-order chi connectivity index (χ0) is 13.5. The normalized spacial score (nSPS) is 13.2. The first-order valence-electron chi connectivity index (χ1n) is 5.99. The van der Waals surface area contributed by atoms with Gasteiger partial charge in [0.1, 0.15) is 0 Å². The predicted octanol–water partition coefficient (Wildman–Crippen LogP) is 0.979. The number of carboxylic acid groups (broad SMARTS) is 1. The van der Waals surface area contributed by atoms with Gasteiger partial charge >= 0.3 is 5.97 Å². The van der Waals surface area contributed by atoms with Gasteiger partial charge in [-0.05, 0) is 32.6 Å². The molecular formula is C12H24N2O3. The van der Waals surface area contributed by atoms with Gasteiger partial charge in [0.25, 0.3) is 0 Å². The Morgan fingerprint density at radius 1 is 1.35 bits per heavy atom. The monoisotopic (exact) mass is 244 g/mol. The average Bonchev–Trinajstić information content (AvgIpc) is 2.26. The van der Waals surface area contributed by atoms with Gasteiger partial charge in [-0.1, -0.05) is 6.92 Å². The molecule has 0 aliphatic carbocycles. The van der Waals surface area contributed by atoms with Crippen LogP contribution in [0.1, 0.15) is 40.0 Å². The minimum absolute atomic E-state index is 0.0505. The SMILES string of the molecule is CC(CCNC(=O)C(C)(C)CN)CCC(=O)O. The van der Waals surface area contributed by atoms with E-state index in [1.54, 1.807) is 13.8 Å². The molecule has 0 saturated carbocycles. The summed E-state index contributed by atoms with van der Waals surface area (Å²) in [6.45, 7) is 6.48. The van der Waals surface area contributed by atoms with Crippen molar-refractivity contribution in [1.29, 1.82) is 0 Å². The van der Waals surface area contributed by atoms with Gasteiger partial charge < -0.3 is 16.2 Å². The van der Waals surface area contributed by atoms with Gasteiger partial charge in [-0.15, -0.1) is 0 Å². The van der Waals surface area contributed by atoms with E-state index in [0.717, 1.165) is 6.42 Å². The number of hydrogen-bond donors (Lipinski definition) is 3. The zero-order valence-corrected chi connectivity index (χ0v) is 11.0. The molecule has 0 aromatic rings. The number of nitrogens with one attached hydrogen (secondary N) is 1. The standard InChI is InChI=1S/C12H24N2O3/c1-9(4-5-10(15)16)6-7-14-11(17)12(2,3)8-13/h9H,4-8,13H2,1-3H3,(H,14,17)(H,15,16). The number of amides is 1. The number of rotatable bonds is 8. The molecule has 0 rings (SSSR count). The van der Waals surface area contributed by atoms with Crippen LogP contribution < -0.4 is 11.1 Å². The van der Waals surface area contributed by atoms with Crippen LogP contribution in [0.5, 0.6) is 0 Å². The van der Waals surface area contributed by atoms with Crippen molar-refractivity contribution in [1.82, 2.24) is 5.32 Å². The molecule has 17 heavy (non-hydrogen) atoms. The lowest BCUT2D eigenvalue weighted by molar-refractivity contribution is -0.137. The third kappa shape index (κ3) is 6.94. The maximum Gasteiger partial charge on any atom is 0.303 e. The van der Waals surface area contributed by atoms with Gasteiger partial charge in [0.05, 0.1) is 5.41 Å². The molecule has 0 bridgehead atoms. The summed E-state index contributed by atoms with van der Waals surface area (Å²) in [5.41, 5.74) is 4.96. The first-order chi connectivity index (χ1) is 7.79. The number of carboxylic acids is 1. The highest BCUT2D eigenvalue weighted by atomic mass is 16.4. The molecule has 5 heteroatoms.